The monoisotopic (exact) mass is 1060 g/mol. The van der Waals surface area contributed by atoms with E-state index in [0.29, 0.717) is 6.42 Å². The van der Waals surface area contributed by atoms with E-state index in [0.717, 1.165) is 38.5 Å². The molecule has 1 amide bonds. The lowest BCUT2D eigenvalue weighted by Crippen LogP contribution is -2.60. The van der Waals surface area contributed by atoms with E-state index in [2.05, 4.69) is 31.3 Å². The predicted octanol–water partition coefficient (Wildman–Crippen LogP) is 17.3. The Labute approximate surface area is 464 Å². The summed E-state index contributed by atoms with van der Waals surface area (Å²) in [7, 11) is 0. The first-order valence-corrected chi connectivity index (χ1v) is 33.1. The summed E-state index contributed by atoms with van der Waals surface area (Å²) in [6, 6.07) is -0.805. The maximum Gasteiger partial charge on any atom is 0.220 e. The van der Waals surface area contributed by atoms with Crippen molar-refractivity contribution in [2.45, 2.75) is 378 Å². The Balaban J connectivity index is 2.15. The van der Waals surface area contributed by atoms with Gasteiger partial charge in [-0.1, -0.05) is 308 Å². The molecule has 0 radical (unpaired) electrons. The second kappa shape index (κ2) is 56.0. The maximum absolute atomic E-state index is 13.1. The van der Waals surface area contributed by atoms with E-state index in [-0.39, 0.29) is 12.5 Å². The summed E-state index contributed by atoms with van der Waals surface area (Å²) in [6.07, 6.45) is 65.5. The van der Waals surface area contributed by atoms with E-state index in [1.807, 2.05) is 6.08 Å². The first-order valence-electron chi connectivity index (χ1n) is 33.1. The average molecular weight is 1060 g/mol. The van der Waals surface area contributed by atoms with Crippen molar-refractivity contribution in [3.05, 3.63) is 24.3 Å². The third-order valence-corrected chi connectivity index (χ3v) is 16.0. The minimum Gasteiger partial charge on any atom is -0.394 e. The lowest BCUT2D eigenvalue weighted by atomic mass is 9.99. The van der Waals surface area contributed by atoms with Gasteiger partial charge in [0.05, 0.1) is 25.4 Å². The highest BCUT2D eigenvalue weighted by Gasteiger charge is 2.44. The van der Waals surface area contributed by atoms with Gasteiger partial charge in [0, 0.05) is 6.42 Å². The van der Waals surface area contributed by atoms with Gasteiger partial charge in [-0.05, 0) is 44.9 Å². The van der Waals surface area contributed by atoms with Crippen molar-refractivity contribution in [1.29, 1.82) is 0 Å². The van der Waals surface area contributed by atoms with Crippen molar-refractivity contribution < 1.29 is 39.8 Å². The summed E-state index contributed by atoms with van der Waals surface area (Å²) >= 11 is 0. The Morgan fingerprint density at radius 3 is 1.08 bits per heavy atom. The van der Waals surface area contributed by atoms with Crippen molar-refractivity contribution in [2.24, 2.45) is 0 Å². The number of hydrogen-bond acceptors (Lipinski definition) is 8. The number of allylic oxidation sites excluding steroid dienone is 3. The van der Waals surface area contributed by atoms with Crippen molar-refractivity contribution in [1.82, 2.24) is 5.32 Å². The molecule has 444 valence electrons. The van der Waals surface area contributed by atoms with Gasteiger partial charge in [0.15, 0.2) is 6.29 Å². The zero-order valence-corrected chi connectivity index (χ0v) is 49.6. The summed E-state index contributed by atoms with van der Waals surface area (Å²) in [5.41, 5.74) is 0. The smallest absolute Gasteiger partial charge is 0.220 e. The van der Waals surface area contributed by atoms with Gasteiger partial charge in [-0.15, -0.1) is 0 Å². The molecule has 1 heterocycles. The van der Waals surface area contributed by atoms with Gasteiger partial charge in [-0.25, -0.2) is 0 Å². The number of hydrogen-bond donors (Lipinski definition) is 6. The molecule has 1 rings (SSSR count). The molecule has 7 atom stereocenters. The Bertz CT molecular complexity index is 1230. The SMILES string of the molecule is CCCCCCCCCC/C=C\CCCCCCCCCCCCCC(=O)NC(COC1OC(CO)C(O)C(O)C1O)C(O)/C=C/CCCCCCCCCCCCCCCCCCCCCCCCCCCCC. The Morgan fingerprint density at radius 2 is 0.747 bits per heavy atom. The topological polar surface area (TPSA) is 149 Å². The minimum absolute atomic E-state index is 0.172. The third-order valence-electron chi connectivity index (χ3n) is 16.0. The molecule has 7 unspecified atom stereocenters. The van der Waals surface area contributed by atoms with Crippen LogP contribution in [0.2, 0.25) is 0 Å². The van der Waals surface area contributed by atoms with Gasteiger partial charge in [-0.2, -0.15) is 0 Å². The number of aliphatic hydroxyl groups excluding tert-OH is 5. The molecule has 1 fully saturated rings. The second-order valence-electron chi connectivity index (χ2n) is 23.3. The van der Waals surface area contributed by atoms with Crippen LogP contribution in [0.25, 0.3) is 0 Å². The summed E-state index contributed by atoms with van der Waals surface area (Å²) < 4.78 is 11.3. The Hall–Kier alpha value is -1.33. The van der Waals surface area contributed by atoms with Crippen LogP contribution in [0, 0.1) is 0 Å². The van der Waals surface area contributed by atoms with Crippen LogP contribution in [0.5, 0.6) is 0 Å². The number of aliphatic hydroxyl groups is 5. The Kier molecular flexibility index (Phi) is 53.5. The lowest BCUT2D eigenvalue weighted by molar-refractivity contribution is -0.302. The number of nitrogens with one attached hydrogen (secondary N) is 1. The molecule has 0 aromatic rings. The largest absolute Gasteiger partial charge is 0.394 e. The van der Waals surface area contributed by atoms with E-state index in [1.54, 1.807) is 6.08 Å². The molecular weight excluding hydrogens is 935 g/mol. The van der Waals surface area contributed by atoms with Gasteiger partial charge < -0.3 is 40.3 Å². The molecule has 9 nitrogen and oxygen atoms in total. The summed E-state index contributed by atoms with van der Waals surface area (Å²) in [6.45, 7) is 3.83. The van der Waals surface area contributed by atoms with Crippen LogP contribution in [0.3, 0.4) is 0 Å². The molecule has 0 bridgehead atoms. The summed E-state index contributed by atoms with van der Waals surface area (Å²) in [5.74, 6) is -0.172. The molecule has 9 heteroatoms. The van der Waals surface area contributed by atoms with Crippen LogP contribution in [0.4, 0.5) is 0 Å². The number of unbranched alkanes of at least 4 members (excludes halogenated alkanes) is 46. The molecular formula is C66H127NO8. The number of rotatable bonds is 58. The van der Waals surface area contributed by atoms with E-state index in [4.69, 9.17) is 9.47 Å². The predicted molar refractivity (Wildman–Crippen MR) is 318 cm³/mol. The van der Waals surface area contributed by atoms with Crippen molar-refractivity contribution >= 4 is 5.91 Å². The molecule has 6 N–H and O–H groups in total. The van der Waals surface area contributed by atoms with E-state index < -0.39 is 49.5 Å². The molecule has 0 aromatic heterocycles. The summed E-state index contributed by atoms with van der Waals surface area (Å²) in [5, 5.41) is 54.7. The van der Waals surface area contributed by atoms with Crippen LogP contribution in [0.15, 0.2) is 24.3 Å². The van der Waals surface area contributed by atoms with E-state index in [1.165, 1.54) is 276 Å². The lowest BCUT2D eigenvalue weighted by Gasteiger charge is -2.40. The van der Waals surface area contributed by atoms with Crippen LogP contribution in [0.1, 0.15) is 335 Å². The maximum atomic E-state index is 13.1. The van der Waals surface area contributed by atoms with Gasteiger partial charge >= 0.3 is 0 Å². The highest BCUT2D eigenvalue weighted by Crippen LogP contribution is 2.23. The third kappa shape index (κ3) is 45.1. The second-order valence-corrected chi connectivity index (χ2v) is 23.3. The molecule has 1 aliphatic heterocycles. The van der Waals surface area contributed by atoms with Crippen molar-refractivity contribution in [3.8, 4) is 0 Å². The fourth-order valence-corrected chi connectivity index (χ4v) is 10.8. The molecule has 75 heavy (non-hydrogen) atoms. The highest BCUT2D eigenvalue weighted by molar-refractivity contribution is 5.76. The molecule has 1 saturated heterocycles. The molecule has 0 aliphatic carbocycles. The fourth-order valence-electron chi connectivity index (χ4n) is 10.8. The van der Waals surface area contributed by atoms with Crippen LogP contribution < -0.4 is 5.32 Å². The fraction of sp³-hybridized carbons (Fsp3) is 0.924. The van der Waals surface area contributed by atoms with Crippen LogP contribution >= 0.6 is 0 Å². The normalized spacial score (nSPS) is 18.9. The number of carbonyl (C=O) groups is 1. The molecule has 0 spiro atoms. The van der Waals surface area contributed by atoms with E-state index >= 15 is 0 Å². The highest BCUT2D eigenvalue weighted by atomic mass is 16.7. The Morgan fingerprint density at radius 1 is 0.440 bits per heavy atom. The standard InChI is InChI=1S/C66H127NO8/c1-3-5-7-9-11-13-15-17-19-21-23-25-27-28-29-30-31-32-34-35-37-39-41-43-45-47-49-51-53-55-60(69)59(58-74-66-65(73)64(72)63(71)61(57-68)75-66)67-62(70)56-54-52-50-48-46-44-42-40-38-36-33-26-24-22-20-18-16-14-12-10-8-6-4-2/h22,24,53,55,59-61,63-66,68-69,71-73H,3-21,23,25-52,54,56-58H2,1-2H3,(H,67,70)/b24-22-,55-53+. The van der Waals surface area contributed by atoms with Gasteiger partial charge in [-0.3, -0.25) is 4.79 Å². The van der Waals surface area contributed by atoms with Gasteiger partial charge in [0.1, 0.15) is 24.4 Å². The van der Waals surface area contributed by atoms with Gasteiger partial charge in [0.25, 0.3) is 0 Å². The zero-order chi connectivity index (χ0) is 54.3. The minimum atomic E-state index is -1.57. The number of amides is 1. The van der Waals surface area contributed by atoms with E-state index in [9.17, 15) is 30.3 Å². The number of ether oxygens (including phenoxy) is 2. The summed E-state index contributed by atoms with van der Waals surface area (Å²) in [4.78, 5) is 13.1. The first-order chi connectivity index (χ1) is 36.8. The molecule has 1 aliphatic rings. The zero-order valence-electron chi connectivity index (χ0n) is 49.6. The molecule has 0 saturated carbocycles. The quantitative estimate of drug-likeness (QED) is 0.0261. The van der Waals surface area contributed by atoms with Crippen molar-refractivity contribution in [2.75, 3.05) is 13.2 Å². The number of carbonyl (C=O) groups excluding carboxylic acids is 1. The van der Waals surface area contributed by atoms with Gasteiger partial charge in [0.2, 0.25) is 5.91 Å². The van der Waals surface area contributed by atoms with Crippen LogP contribution in [-0.2, 0) is 14.3 Å². The molecule has 0 aromatic carbocycles. The van der Waals surface area contributed by atoms with Crippen LogP contribution in [-0.4, -0.2) is 87.5 Å². The average Bonchev–Trinajstić information content (AvgIpc) is 3.41. The van der Waals surface area contributed by atoms with Crippen molar-refractivity contribution in [3.63, 3.8) is 0 Å². The first kappa shape index (κ1) is 71.7.